The van der Waals surface area contributed by atoms with Crippen molar-refractivity contribution < 1.29 is 22.7 Å². The van der Waals surface area contributed by atoms with E-state index < -0.39 is 18.0 Å². The average molecular weight is 447 g/mol. The zero-order valence-corrected chi connectivity index (χ0v) is 16.7. The largest absolute Gasteiger partial charge is 0.428 e. The molecule has 0 radical (unpaired) electrons. The summed E-state index contributed by atoms with van der Waals surface area (Å²) >= 11 is 11.8. The molecule has 0 aromatic heterocycles. The molecule has 154 valence electrons. The number of nitrogens with one attached hydrogen (secondary N) is 1. The van der Waals surface area contributed by atoms with Crippen LogP contribution >= 0.6 is 23.2 Å². The van der Waals surface area contributed by atoms with E-state index in [2.05, 4.69) is 10.7 Å². The van der Waals surface area contributed by atoms with Gasteiger partial charge in [0.2, 0.25) is 11.8 Å². The predicted octanol–water partition coefficient (Wildman–Crippen LogP) is 6.05. The third-order valence-corrected chi connectivity index (χ3v) is 4.98. The highest BCUT2D eigenvalue weighted by Crippen LogP contribution is 2.48. The van der Waals surface area contributed by atoms with Crippen LogP contribution in [0.2, 0.25) is 10.0 Å². The molecule has 0 fully saturated rings. The van der Waals surface area contributed by atoms with Gasteiger partial charge in [-0.3, -0.25) is 10.3 Å². The molecule has 0 aliphatic carbocycles. The van der Waals surface area contributed by atoms with Gasteiger partial charge in [-0.2, -0.15) is 13.2 Å². The number of hydroxylamine groups is 1. The Bertz CT molecular complexity index is 961. The predicted molar refractivity (Wildman–Crippen MR) is 103 cm³/mol. The molecule has 1 aliphatic heterocycles. The normalized spacial score (nSPS) is 20.2. The lowest BCUT2D eigenvalue weighted by molar-refractivity contribution is -0.269. The van der Waals surface area contributed by atoms with Crippen molar-refractivity contribution >= 4 is 28.9 Å². The second-order valence-corrected chi connectivity index (χ2v) is 7.29. The molecule has 5 nitrogen and oxygen atoms in total. The molecule has 10 heteroatoms. The van der Waals surface area contributed by atoms with Crippen molar-refractivity contribution in [1.82, 2.24) is 5.48 Å². The van der Waals surface area contributed by atoms with Crippen molar-refractivity contribution in [3.8, 4) is 0 Å². The van der Waals surface area contributed by atoms with Gasteiger partial charge in [0.15, 0.2) is 0 Å². The molecule has 1 aliphatic rings. The Morgan fingerprint density at radius 2 is 1.83 bits per heavy atom. The Morgan fingerprint density at radius 3 is 2.34 bits per heavy atom. The first-order chi connectivity index (χ1) is 13.6. The summed E-state index contributed by atoms with van der Waals surface area (Å²) in [6, 6.07) is 8.33. The van der Waals surface area contributed by atoms with Crippen LogP contribution in [0.4, 0.5) is 13.2 Å². The molecule has 3 rings (SSSR count). The van der Waals surface area contributed by atoms with Crippen LogP contribution in [-0.2, 0) is 15.2 Å². The van der Waals surface area contributed by atoms with Gasteiger partial charge in [-0.25, -0.2) is 0 Å². The molecule has 0 bridgehead atoms. The van der Waals surface area contributed by atoms with Gasteiger partial charge in [-0.15, -0.1) is 4.91 Å². The number of hydrogen-bond donors (Lipinski definition) is 1. The molecule has 0 saturated heterocycles. The summed E-state index contributed by atoms with van der Waals surface area (Å²) in [5, 5.41) is 2.97. The first-order valence-corrected chi connectivity index (χ1v) is 9.03. The highest BCUT2D eigenvalue weighted by atomic mass is 35.5. The molecule has 2 unspecified atom stereocenters. The molecule has 0 spiro atoms. The van der Waals surface area contributed by atoms with Gasteiger partial charge >= 0.3 is 6.18 Å². The first kappa shape index (κ1) is 21.6. The lowest BCUT2D eigenvalue weighted by Gasteiger charge is -2.28. The number of nitrogens with zero attached hydrogens (tertiary/aromatic N) is 1. The van der Waals surface area contributed by atoms with Crippen LogP contribution in [-0.4, -0.2) is 13.3 Å². The standard InChI is InChI=1S/C19H15Cl2F3N2O3/c1-10-5-11(3-4-15(10)17(25-27)28-2)16-9-18(29-26-16,19(22,23)24)12-6-13(20)8-14(21)7-12/h3-9,17,26H,1-2H3. The Morgan fingerprint density at radius 1 is 1.17 bits per heavy atom. The van der Waals surface area contributed by atoms with Crippen LogP contribution in [0.5, 0.6) is 0 Å². The number of ether oxygens (including phenoxy) is 1. The maximum atomic E-state index is 14.0. The maximum Gasteiger partial charge on any atom is 0.428 e. The van der Waals surface area contributed by atoms with E-state index in [0.29, 0.717) is 16.7 Å². The number of nitroso groups, excluding NO2 is 1. The highest BCUT2D eigenvalue weighted by Gasteiger charge is 2.59. The van der Waals surface area contributed by atoms with Gasteiger partial charge in [0.05, 0.1) is 5.70 Å². The number of benzene rings is 2. The molecule has 2 atom stereocenters. The number of alkyl halides is 3. The van der Waals surface area contributed by atoms with Crippen LogP contribution in [0.25, 0.3) is 5.70 Å². The van der Waals surface area contributed by atoms with Gasteiger partial charge in [0, 0.05) is 28.3 Å². The SMILES string of the molecule is COC(N=O)c1ccc(C2=CC(c3cc(Cl)cc(Cl)c3)(C(F)(F)F)ON2)cc1C. The third-order valence-electron chi connectivity index (χ3n) is 4.55. The van der Waals surface area contributed by atoms with E-state index in [-0.39, 0.29) is 21.3 Å². The summed E-state index contributed by atoms with van der Waals surface area (Å²) in [5.74, 6) is 0. The van der Waals surface area contributed by atoms with E-state index in [9.17, 15) is 18.1 Å². The van der Waals surface area contributed by atoms with Crippen molar-refractivity contribution in [2.24, 2.45) is 5.18 Å². The summed E-state index contributed by atoms with van der Waals surface area (Å²) in [7, 11) is 1.34. The molecule has 0 saturated carbocycles. The Hall–Kier alpha value is -2.13. The van der Waals surface area contributed by atoms with Crippen molar-refractivity contribution in [3.05, 3.63) is 79.7 Å². The molecular weight excluding hydrogens is 432 g/mol. The van der Waals surface area contributed by atoms with Crippen LogP contribution in [0, 0.1) is 11.8 Å². The van der Waals surface area contributed by atoms with E-state index in [1.807, 2.05) is 0 Å². The molecule has 1 heterocycles. The Kier molecular flexibility index (Phi) is 5.91. The van der Waals surface area contributed by atoms with Crippen LogP contribution in [0.15, 0.2) is 47.7 Å². The fourth-order valence-corrected chi connectivity index (χ4v) is 3.63. The van der Waals surface area contributed by atoms with Crippen LogP contribution in [0.1, 0.15) is 28.5 Å². The summed E-state index contributed by atoms with van der Waals surface area (Å²) < 4.78 is 47.1. The monoisotopic (exact) mass is 446 g/mol. The quantitative estimate of drug-likeness (QED) is 0.568. The number of hydrogen-bond acceptors (Lipinski definition) is 5. The number of methoxy groups -OCH3 is 1. The van der Waals surface area contributed by atoms with E-state index in [0.717, 1.165) is 18.2 Å². The zero-order chi connectivity index (χ0) is 21.4. The molecule has 2 aromatic rings. The smallest absolute Gasteiger partial charge is 0.353 e. The molecule has 0 amide bonds. The fourth-order valence-electron chi connectivity index (χ4n) is 3.10. The second-order valence-electron chi connectivity index (χ2n) is 6.42. The molecule has 1 N–H and O–H groups in total. The zero-order valence-electron chi connectivity index (χ0n) is 15.2. The van der Waals surface area contributed by atoms with Gasteiger partial charge in [-0.1, -0.05) is 35.3 Å². The minimum atomic E-state index is -4.80. The summed E-state index contributed by atoms with van der Waals surface area (Å²) in [6.07, 6.45) is -4.88. The van der Waals surface area contributed by atoms with Crippen molar-refractivity contribution in [2.45, 2.75) is 24.9 Å². The fraction of sp³-hybridized carbons (Fsp3) is 0.263. The minimum Gasteiger partial charge on any atom is -0.353 e. The molecular formula is C19H15Cl2F3N2O3. The minimum absolute atomic E-state index is 0.0498. The number of halogens is 5. The average Bonchev–Trinajstić information content (AvgIpc) is 3.10. The third kappa shape index (κ3) is 3.98. The molecule has 29 heavy (non-hydrogen) atoms. The number of aryl methyl sites for hydroxylation is 1. The summed E-state index contributed by atoms with van der Waals surface area (Å²) in [4.78, 5) is 15.9. The van der Waals surface area contributed by atoms with Crippen molar-refractivity contribution in [2.75, 3.05) is 7.11 Å². The lowest BCUT2D eigenvalue weighted by atomic mass is 9.91. The maximum absolute atomic E-state index is 14.0. The van der Waals surface area contributed by atoms with Crippen molar-refractivity contribution in [3.63, 3.8) is 0 Å². The van der Waals surface area contributed by atoms with Gasteiger partial charge in [0.1, 0.15) is 0 Å². The first-order valence-electron chi connectivity index (χ1n) is 8.27. The van der Waals surface area contributed by atoms with E-state index in [1.54, 1.807) is 25.1 Å². The van der Waals surface area contributed by atoms with Gasteiger partial charge in [-0.05, 0) is 53.6 Å². The van der Waals surface area contributed by atoms with Crippen molar-refractivity contribution in [1.29, 1.82) is 0 Å². The second kappa shape index (κ2) is 7.95. The van der Waals surface area contributed by atoms with Crippen LogP contribution in [0.3, 0.4) is 0 Å². The molecule has 2 aromatic carbocycles. The summed E-state index contributed by atoms with van der Waals surface area (Å²) in [5.41, 5.74) is 0.961. The summed E-state index contributed by atoms with van der Waals surface area (Å²) in [6.45, 7) is 1.69. The topological polar surface area (TPSA) is 59.9 Å². The van der Waals surface area contributed by atoms with Gasteiger partial charge < -0.3 is 4.74 Å². The van der Waals surface area contributed by atoms with E-state index in [4.69, 9.17) is 32.8 Å². The van der Waals surface area contributed by atoms with E-state index >= 15 is 0 Å². The Balaban J connectivity index is 2.08. The Labute approximate surface area is 174 Å². The van der Waals surface area contributed by atoms with Crippen LogP contribution < -0.4 is 5.48 Å². The highest BCUT2D eigenvalue weighted by molar-refractivity contribution is 6.34. The lowest BCUT2D eigenvalue weighted by Crippen LogP contribution is -2.42. The number of rotatable bonds is 5. The van der Waals surface area contributed by atoms with Gasteiger partial charge in [0.25, 0.3) is 0 Å². The van der Waals surface area contributed by atoms with E-state index in [1.165, 1.54) is 13.2 Å².